The molecule has 1 heterocycles. The Morgan fingerprint density at radius 2 is 1.96 bits per heavy atom. The topological polar surface area (TPSA) is 117 Å². The summed E-state index contributed by atoms with van der Waals surface area (Å²) in [6, 6.07) is -0.912. The van der Waals surface area contributed by atoms with Crippen LogP contribution in [0.3, 0.4) is 0 Å². The average molecular weight is 365 g/mol. The summed E-state index contributed by atoms with van der Waals surface area (Å²) in [5.74, 6) is -3.11. The number of aliphatic carboxylic acids is 1. The molecule has 3 amide bonds. The van der Waals surface area contributed by atoms with Crippen LogP contribution in [0.15, 0.2) is 0 Å². The van der Waals surface area contributed by atoms with Gasteiger partial charge in [0.25, 0.3) is 0 Å². The van der Waals surface area contributed by atoms with E-state index in [2.05, 4.69) is 10.3 Å². The molecule has 23 heavy (non-hydrogen) atoms. The van der Waals surface area contributed by atoms with Crippen LogP contribution in [0.4, 0.5) is 9.93 Å². The molecule has 0 bridgehead atoms. The first-order valence-corrected chi connectivity index (χ1v) is 7.27. The number of aromatic nitrogens is 1. The number of nitrogens with one attached hydrogen (secondary N) is 1. The Morgan fingerprint density at radius 1 is 1.35 bits per heavy atom. The van der Waals surface area contributed by atoms with Crippen LogP contribution in [0.25, 0.3) is 0 Å². The summed E-state index contributed by atoms with van der Waals surface area (Å²) < 4.78 is 0. The van der Waals surface area contributed by atoms with Gasteiger partial charge in [-0.3, -0.25) is 19.8 Å². The Hall–Kier alpha value is -0.654. The van der Waals surface area contributed by atoms with E-state index in [-0.39, 0.29) is 69.1 Å². The molecule has 0 aliphatic heterocycles. The number of Topliss-reactive ketones (excluding diaryl/α,β-unsaturated/α-hetero) is 1. The fraction of sp³-hybridized carbons (Fsp3) is 0.462. The smallest absolute Gasteiger partial charge is 1.00 e. The molecule has 0 radical (unpaired) electrons. The van der Waals surface area contributed by atoms with Crippen molar-refractivity contribution in [2.24, 2.45) is 5.41 Å². The maximum absolute atomic E-state index is 12.0. The molecule has 10 heteroatoms. The van der Waals surface area contributed by atoms with Crippen LogP contribution in [0.1, 0.15) is 37.1 Å². The molecule has 1 aromatic heterocycles. The third-order valence-corrected chi connectivity index (χ3v) is 4.30. The van der Waals surface area contributed by atoms with Crippen molar-refractivity contribution in [2.75, 3.05) is 12.4 Å². The van der Waals surface area contributed by atoms with Crippen molar-refractivity contribution in [3.8, 4) is 0 Å². The van der Waals surface area contributed by atoms with Crippen LogP contribution < -0.4 is 56.7 Å². The molecule has 0 fully saturated rings. The SMILES string of the molecule is CN(C(=O)Nc1nc2c(s1)C(=O)CC(C)(C)C2)C(=O)C(=O)O.[H-].[K+]. The molecule has 1 aliphatic rings. The number of anilines is 1. The Balaban J connectivity index is 0.00000264. The summed E-state index contributed by atoms with van der Waals surface area (Å²) in [4.78, 5) is 50.7. The Labute approximate surface area is 180 Å². The van der Waals surface area contributed by atoms with Gasteiger partial charge in [-0.1, -0.05) is 25.2 Å². The first-order chi connectivity index (χ1) is 10.1. The number of hydrogen-bond acceptors (Lipinski definition) is 6. The van der Waals surface area contributed by atoms with Gasteiger partial charge in [-0.05, 0) is 11.8 Å². The predicted molar refractivity (Wildman–Crippen MR) is 79.1 cm³/mol. The van der Waals surface area contributed by atoms with Crippen molar-refractivity contribution in [2.45, 2.75) is 26.7 Å². The van der Waals surface area contributed by atoms with Gasteiger partial charge >= 0.3 is 69.3 Å². The summed E-state index contributed by atoms with van der Waals surface area (Å²) >= 11 is 1.03. The number of ketones is 1. The molecule has 0 saturated heterocycles. The number of likely N-dealkylation sites (N-methyl/N-ethyl adjacent to an activating group) is 1. The molecule has 2 rings (SSSR count). The molecule has 0 unspecified atom stereocenters. The Morgan fingerprint density at radius 3 is 2.52 bits per heavy atom. The van der Waals surface area contributed by atoms with Crippen LogP contribution in [0.2, 0.25) is 0 Å². The monoisotopic (exact) mass is 365 g/mol. The molecular weight excluding hydrogens is 349 g/mol. The van der Waals surface area contributed by atoms with Gasteiger partial charge in [-0.25, -0.2) is 14.6 Å². The second kappa shape index (κ2) is 7.49. The molecule has 0 aromatic carbocycles. The second-order valence-corrected chi connectivity index (χ2v) is 6.83. The fourth-order valence-corrected chi connectivity index (χ4v) is 3.09. The van der Waals surface area contributed by atoms with Crippen LogP contribution in [0.5, 0.6) is 0 Å². The Kier molecular flexibility index (Phi) is 6.64. The van der Waals surface area contributed by atoms with Gasteiger partial charge in [-0.15, -0.1) is 0 Å². The van der Waals surface area contributed by atoms with Gasteiger partial charge in [0.2, 0.25) is 0 Å². The fourth-order valence-electron chi connectivity index (χ4n) is 2.18. The van der Waals surface area contributed by atoms with E-state index in [0.29, 0.717) is 28.3 Å². The normalized spacial score (nSPS) is 15.2. The maximum atomic E-state index is 12.0. The van der Waals surface area contributed by atoms with Gasteiger partial charge in [0.15, 0.2) is 10.9 Å². The Bertz CT molecular complexity index is 691. The van der Waals surface area contributed by atoms with Crippen molar-refractivity contribution in [3.05, 3.63) is 10.6 Å². The van der Waals surface area contributed by atoms with Gasteiger partial charge < -0.3 is 6.53 Å². The zero-order valence-electron chi connectivity index (χ0n) is 14.3. The number of amides is 3. The number of carbonyl (C=O) groups excluding carboxylic acids is 3. The van der Waals surface area contributed by atoms with Crippen molar-refractivity contribution >= 4 is 40.2 Å². The van der Waals surface area contributed by atoms with Crippen LogP contribution >= 0.6 is 11.3 Å². The molecule has 8 nitrogen and oxygen atoms in total. The van der Waals surface area contributed by atoms with E-state index in [1.807, 2.05) is 13.8 Å². The van der Waals surface area contributed by atoms with Crippen molar-refractivity contribution in [1.29, 1.82) is 0 Å². The van der Waals surface area contributed by atoms with E-state index in [0.717, 1.165) is 18.4 Å². The first kappa shape index (κ1) is 20.4. The van der Waals surface area contributed by atoms with E-state index in [1.165, 1.54) is 0 Å². The molecule has 0 spiro atoms. The molecule has 0 atom stereocenters. The van der Waals surface area contributed by atoms with E-state index in [9.17, 15) is 19.2 Å². The first-order valence-electron chi connectivity index (χ1n) is 6.45. The molecule has 2 N–H and O–H groups in total. The number of thiazole rings is 1. The summed E-state index contributed by atoms with van der Waals surface area (Å²) in [5.41, 5.74) is 0.434. The average Bonchev–Trinajstić information content (AvgIpc) is 2.77. The maximum Gasteiger partial charge on any atom is 1.00 e. The third kappa shape index (κ3) is 4.67. The number of nitrogens with zero attached hydrogens (tertiary/aromatic N) is 2. The van der Waals surface area contributed by atoms with Crippen LogP contribution in [-0.2, 0) is 16.0 Å². The summed E-state index contributed by atoms with van der Waals surface area (Å²) in [7, 11) is 1.05. The summed E-state index contributed by atoms with van der Waals surface area (Å²) in [6.45, 7) is 3.93. The van der Waals surface area contributed by atoms with E-state index in [1.54, 1.807) is 0 Å². The number of imide groups is 1. The zero-order chi connectivity index (χ0) is 16.7. The number of carbonyl (C=O) groups is 4. The number of carboxylic acids is 1. The minimum absolute atomic E-state index is 0. The largest absolute Gasteiger partial charge is 1.00 e. The van der Waals surface area contributed by atoms with E-state index >= 15 is 0 Å². The quantitative estimate of drug-likeness (QED) is 0.462. The van der Waals surface area contributed by atoms with Crippen LogP contribution in [0, 0.1) is 5.41 Å². The second-order valence-electron chi connectivity index (χ2n) is 5.84. The van der Waals surface area contributed by atoms with Crippen molar-refractivity contribution in [1.82, 2.24) is 9.88 Å². The molecule has 0 saturated carbocycles. The number of carboxylic acid groups (broad SMARTS) is 1. The zero-order valence-corrected chi connectivity index (χ0v) is 17.2. The number of urea groups is 1. The van der Waals surface area contributed by atoms with E-state index < -0.39 is 17.9 Å². The number of rotatable bonds is 1. The van der Waals surface area contributed by atoms with E-state index in [4.69, 9.17) is 5.11 Å². The molecular formula is C13H16KN3O5S. The number of fused-ring (bicyclic) bond motifs is 1. The van der Waals surface area contributed by atoms with Gasteiger partial charge in [-0.2, -0.15) is 0 Å². The summed E-state index contributed by atoms with van der Waals surface area (Å²) in [5, 5.41) is 11.1. The summed E-state index contributed by atoms with van der Waals surface area (Å²) in [6.07, 6.45) is 1.03. The minimum atomic E-state index is -1.73. The molecule has 1 aromatic rings. The van der Waals surface area contributed by atoms with Gasteiger partial charge in [0.1, 0.15) is 0 Å². The van der Waals surface area contributed by atoms with Crippen molar-refractivity contribution < 1.29 is 77.1 Å². The van der Waals surface area contributed by atoms with Crippen LogP contribution in [-0.4, -0.2) is 45.7 Å². The number of hydrogen-bond donors (Lipinski definition) is 2. The van der Waals surface area contributed by atoms with Crippen molar-refractivity contribution in [3.63, 3.8) is 0 Å². The van der Waals surface area contributed by atoms with Gasteiger partial charge in [0.05, 0.1) is 10.6 Å². The molecule has 120 valence electrons. The predicted octanol–water partition coefficient (Wildman–Crippen LogP) is -1.51. The third-order valence-electron chi connectivity index (χ3n) is 3.24. The standard InChI is InChI=1S/C13H15N3O5S.K.H/c1-13(2)4-6-8(7(17)5-13)22-11(14-6)15-12(21)16(3)9(18)10(19)20;;/h4-5H2,1-3H3,(H,19,20)(H,14,15,21);;/q;+1;-1. The molecule has 1 aliphatic carbocycles. The van der Waals surface area contributed by atoms with Gasteiger partial charge in [0, 0.05) is 13.5 Å². The minimum Gasteiger partial charge on any atom is -1.00 e.